The maximum Gasteiger partial charge on any atom is 0.0670 e. The van der Waals surface area contributed by atoms with E-state index in [1.165, 1.54) is 0 Å². The first-order valence-corrected chi connectivity index (χ1v) is 4.05. The molecule has 0 aromatic heterocycles. The van der Waals surface area contributed by atoms with Crippen molar-refractivity contribution in [2.24, 2.45) is 0 Å². The fourth-order valence-electron chi connectivity index (χ4n) is 1.26. The van der Waals surface area contributed by atoms with Crippen molar-refractivity contribution in [3.63, 3.8) is 0 Å². The summed E-state index contributed by atoms with van der Waals surface area (Å²) in [6.07, 6.45) is 0.760. The molecule has 0 unspecified atom stereocenters. The van der Waals surface area contributed by atoms with Crippen LogP contribution in [0.15, 0.2) is 0 Å². The van der Waals surface area contributed by atoms with E-state index in [-0.39, 0.29) is 0 Å². The van der Waals surface area contributed by atoms with Crippen LogP contribution in [-0.4, -0.2) is 31.4 Å². The summed E-state index contributed by atoms with van der Waals surface area (Å²) in [7, 11) is 5.46. The summed E-state index contributed by atoms with van der Waals surface area (Å²) in [5.74, 6) is 0. The van der Waals surface area contributed by atoms with E-state index in [2.05, 4.69) is 32.6 Å². The molecule has 0 heterocycles. The van der Waals surface area contributed by atoms with Crippen LogP contribution in [0, 0.1) is 0 Å². The smallest absolute Gasteiger partial charge is 0.0670 e. The Hall–Kier alpha value is 0.0249. The van der Waals surface area contributed by atoms with Crippen LogP contribution in [0.3, 0.4) is 0 Å². The van der Waals surface area contributed by atoms with Crippen molar-refractivity contribution in [1.82, 2.24) is 4.90 Å². The van der Waals surface area contributed by atoms with Gasteiger partial charge in [-0.1, -0.05) is 6.32 Å². The first kappa shape index (κ1) is 10.0. The lowest BCUT2D eigenvalue weighted by molar-refractivity contribution is 0.185. The summed E-state index contributed by atoms with van der Waals surface area (Å²) < 4.78 is 0. The lowest BCUT2D eigenvalue weighted by Crippen LogP contribution is -2.37. The number of nitrogens with zero attached hydrogens (tertiary/aromatic N) is 1. The second-order valence-electron chi connectivity index (χ2n) is 3.21. The van der Waals surface area contributed by atoms with Crippen molar-refractivity contribution in [2.45, 2.75) is 46.1 Å². The van der Waals surface area contributed by atoms with Gasteiger partial charge in [-0.2, -0.15) is 0 Å². The van der Waals surface area contributed by atoms with Gasteiger partial charge in [-0.05, 0) is 34.2 Å². The summed E-state index contributed by atoms with van der Waals surface area (Å²) >= 11 is 0. The molecule has 2 radical (unpaired) electrons. The van der Waals surface area contributed by atoms with E-state index >= 15 is 0 Å². The number of hydrogen-bond acceptors (Lipinski definition) is 1. The van der Waals surface area contributed by atoms with Gasteiger partial charge >= 0.3 is 0 Å². The molecule has 0 saturated carbocycles. The standard InChI is InChI=1S/C8H18BN/c1-7(2)10(6-5-9)8(3)4/h7-8H,5-6H2,1-4H3. The van der Waals surface area contributed by atoms with Crippen molar-refractivity contribution in [3.05, 3.63) is 0 Å². The first-order chi connectivity index (χ1) is 4.59. The zero-order valence-electron chi connectivity index (χ0n) is 7.59. The van der Waals surface area contributed by atoms with Crippen LogP contribution in [-0.2, 0) is 0 Å². The summed E-state index contributed by atoms with van der Waals surface area (Å²) in [6.45, 7) is 9.83. The monoisotopic (exact) mass is 139 g/mol. The highest BCUT2D eigenvalue weighted by atomic mass is 15.2. The average Bonchev–Trinajstić information content (AvgIpc) is 1.81. The highest BCUT2D eigenvalue weighted by molar-refractivity contribution is 6.08. The molecular weight excluding hydrogens is 121 g/mol. The van der Waals surface area contributed by atoms with Gasteiger partial charge in [-0.25, -0.2) is 0 Å². The molecule has 0 amide bonds. The summed E-state index contributed by atoms with van der Waals surface area (Å²) in [6, 6.07) is 1.23. The van der Waals surface area contributed by atoms with Gasteiger partial charge in [0.05, 0.1) is 7.85 Å². The quantitative estimate of drug-likeness (QED) is 0.535. The third-order valence-corrected chi connectivity index (χ3v) is 1.71. The third-order valence-electron chi connectivity index (χ3n) is 1.71. The Morgan fingerprint density at radius 2 is 1.50 bits per heavy atom. The zero-order chi connectivity index (χ0) is 8.15. The number of hydrogen-bond donors (Lipinski definition) is 0. The molecule has 1 nitrogen and oxygen atoms in total. The van der Waals surface area contributed by atoms with Crippen LogP contribution < -0.4 is 0 Å². The second-order valence-corrected chi connectivity index (χ2v) is 3.21. The molecule has 0 rings (SSSR count). The number of rotatable bonds is 4. The minimum Gasteiger partial charge on any atom is -0.299 e. The lowest BCUT2D eigenvalue weighted by atomic mass is 10.0. The lowest BCUT2D eigenvalue weighted by Gasteiger charge is -2.29. The largest absolute Gasteiger partial charge is 0.299 e. The third kappa shape index (κ3) is 3.26. The molecule has 0 spiro atoms. The van der Waals surface area contributed by atoms with E-state index in [4.69, 9.17) is 7.85 Å². The molecule has 0 aliphatic heterocycles. The van der Waals surface area contributed by atoms with E-state index in [1.54, 1.807) is 0 Å². The summed E-state index contributed by atoms with van der Waals surface area (Å²) in [4.78, 5) is 2.39. The van der Waals surface area contributed by atoms with Gasteiger partial charge in [0.25, 0.3) is 0 Å². The Labute approximate surface area is 66.2 Å². The molecule has 0 bridgehead atoms. The summed E-state index contributed by atoms with van der Waals surface area (Å²) in [5.41, 5.74) is 0. The molecule has 0 aliphatic carbocycles. The SMILES string of the molecule is [B]CCN(C(C)C)C(C)C. The minimum absolute atomic E-state index is 0.614. The van der Waals surface area contributed by atoms with Gasteiger partial charge in [0.1, 0.15) is 0 Å². The minimum atomic E-state index is 0.614. The molecule has 0 aliphatic rings. The van der Waals surface area contributed by atoms with E-state index in [0.29, 0.717) is 12.1 Å². The molecule has 0 aromatic rings. The van der Waals surface area contributed by atoms with Crippen molar-refractivity contribution < 1.29 is 0 Å². The Morgan fingerprint density at radius 1 is 1.10 bits per heavy atom. The van der Waals surface area contributed by atoms with Gasteiger partial charge < -0.3 is 0 Å². The molecule has 2 heteroatoms. The normalized spacial score (nSPS) is 11.9. The van der Waals surface area contributed by atoms with Crippen LogP contribution in [0.4, 0.5) is 0 Å². The Kier molecular flexibility index (Phi) is 4.79. The van der Waals surface area contributed by atoms with Crippen molar-refractivity contribution in [2.75, 3.05) is 6.54 Å². The van der Waals surface area contributed by atoms with Crippen LogP contribution in [0.5, 0.6) is 0 Å². The maximum atomic E-state index is 5.46. The maximum absolute atomic E-state index is 5.46. The molecule has 0 N–H and O–H groups in total. The highest BCUT2D eigenvalue weighted by Gasteiger charge is 2.10. The van der Waals surface area contributed by atoms with Gasteiger partial charge in [0.15, 0.2) is 0 Å². The van der Waals surface area contributed by atoms with Gasteiger partial charge in [0, 0.05) is 12.1 Å². The van der Waals surface area contributed by atoms with Gasteiger partial charge in [0.2, 0.25) is 0 Å². The fraction of sp³-hybridized carbons (Fsp3) is 1.00. The van der Waals surface area contributed by atoms with Crippen molar-refractivity contribution >= 4 is 7.85 Å². The van der Waals surface area contributed by atoms with Gasteiger partial charge in [-0.3, -0.25) is 4.90 Å². The van der Waals surface area contributed by atoms with Crippen LogP contribution in [0.1, 0.15) is 27.7 Å². The van der Waals surface area contributed by atoms with E-state index in [9.17, 15) is 0 Å². The van der Waals surface area contributed by atoms with Crippen LogP contribution >= 0.6 is 0 Å². The zero-order valence-corrected chi connectivity index (χ0v) is 7.59. The fourth-order valence-corrected chi connectivity index (χ4v) is 1.26. The molecule has 58 valence electrons. The van der Waals surface area contributed by atoms with E-state index in [0.717, 1.165) is 12.9 Å². The molecule has 0 aromatic carbocycles. The first-order valence-electron chi connectivity index (χ1n) is 4.05. The van der Waals surface area contributed by atoms with Crippen molar-refractivity contribution in [3.8, 4) is 0 Å². The van der Waals surface area contributed by atoms with Crippen LogP contribution in [0.25, 0.3) is 0 Å². The highest BCUT2D eigenvalue weighted by Crippen LogP contribution is 2.04. The van der Waals surface area contributed by atoms with E-state index < -0.39 is 0 Å². The predicted molar refractivity (Wildman–Crippen MR) is 47.5 cm³/mol. The summed E-state index contributed by atoms with van der Waals surface area (Å²) in [5, 5.41) is 0. The predicted octanol–water partition coefficient (Wildman–Crippen LogP) is 1.69. The molecule has 0 fully saturated rings. The molecular formula is C8H18BN. The van der Waals surface area contributed by atoms with Gasteiger partial charge in [-0.15, -0.1) is 0 Å². The van der Waals surface area contributed by atoms with E-state index in [1.807, 2.05) is 0 Å². The Morgan fingerprint density at radius 3 is 1.60 bits per heavy atom. The average molecular weight is 139 g/mol. The van der Waals surface area contributed by atoms with Crippen LogP contribution in [0.2, 0.25) is 6.32 Å². The Balaban J connectivity index is 3.73. The Bertz CT molecular complexity index is 73.3. The molecule has 0 atom stereocenters. The van der Waals surface area contributed by atoms with Crippen molar-refractivity contribution in [1.29, 1.82) is 0 Å². The molecule has 10 heavy (non-hydrogen) atoms. The second kappa shape index (κ2) is 4.78. The topological polar surface area (TPSA) is 3.24 Å². The molecule has 0 saturated heterocycles.